The molecular formula is C18H16O4Se2. The summed E-state index contributed by atoms with van der Waals surface area (Å²) in [5.41, 5.74) is 0. The molecule has 0 aliphatic rings. The molecule has 2 aromatic rings. The number of benzene rings is 2. The van der Waals surface area contributed by atoms with Crippen molar-refractivity contribution < 1.29 is 19.1 Å². The van der Waals surface area contributed by atoms with Gasteiger partial charge in [0.2, 0.25) is 0 Å². The van der Waals surface area contributed by atoms with Gasteiger partial charge in [0.15, 0.2) is 0 Å². The Morgan fingerprint density at radius 1 is 0.667 bits per heavy atom. The Morgan fingerprint density at radius 3 is 1.29 bits per heavy atom. The van der Waals surface area contributed by atoms with Gasteiger partial charge in [0.25, 0.3) is 0 Å². The molecule has 0 aliphatic heterocycles. The number of esters is 2. The average Bonchev–Trinajstić information content (AvgIpc) is 2.65. The van der Waals surface area contributed by atoms with Crippen LogP contribution in [-0.2, 0) is 19.1 Å². The van der Waals surface area contributed by atoms with E-state index in [1.54, 1.807) is 0 Å². The van der Waals surface area contributed by atoms with Gasteiger partial charge in [-0.3, -0.25) is 0 Å². The summed E-state index contributed by atoms with van der Waals surface area (Å²) in [4.78, 5) is 24.6. The van der Waals surface area contributed by atoms with Crippen LogP contribution in [0.4, 0.5) is 0 Å². The van der Waals surface area contributed by atoms with E-state index in [9.17, 15) is 9.59 Å². The van der Waals surface area contributed by atoms with Crippen LogP contribution >= 0.6 is 0 Å². The molecule has 0 fully saturated rings. The van der Waals surface area contributed by atoms with Crippen LogP contribution < -0.4 is 8.92 Å². The molecule has 24 heavy (non-hydrogen) atoms. The second-order valence-corrected chi connectivity index (χ2v) is 9.02. The molecule has 0 aromatic heterocycles. The molecule has 0 amide bonds. The van der Waals surface area contributed by atoms with Crippen molar-refractivity contribution in [2.75, 3.05) is 14.2 Å². The molecule has 2 aromatic carbocycles. The molecule has 4 nitrogen and oxygen atoms in total. The molecule has 124 valence electrons. The van der Waals surface area contributed by atoms with E-state index in [4.69, 9.17) is 9.47 Å². The zero-order valence-corrected chi connectivity index (χ0v) is 16.6. The molecule has 0 saturated carbocycles. The summed E-state index contributed by atoms with van der Waals surface area (Å²) in [5.74, 6) is -0.950. The summed E-state index contributed by atoms with van der Waals surface area (Å²) < 4.78 is 12.6. The van der Waals surface area contributed by atoms with E-state index < -0.39 is 11.9 Å². The van der Waals surface area contributed by atoms with Crippen molar-refractivity contribution >= 4 is 50.8 Å². The van der Waals surface area contributed by atoms with E-state index in [1.165, 1.54) is 14.2 Å². The number of methoxy groups -OCH3 is 2. The third-order valence-corrected chi connectivity index (χ3v) is 8.07. The Morgan fingerprint density at radius 2 is 1.00 bits per heavy atom. The summed E-state index contributed by atoms with van der Waals surface area (Å²) in [7, 11) is 2.65. The standard InChI is InChI=1S/C18H16O4Se2/c1-21-17(19)15(23-13-9-5-3-6-10-13)16(18(20)22-2)24-14-11-7-4-8-12-14/h3-12H,1-2H3/b16-15-. The second kappa shape index (κ2) is 9.45. The van der Waals surface area contributed by atoms with E-state index >= 15 is 0 Å². The van der Waals surface area contributed by atoms with Gasteiger partial charge in [-0.15, -0.1) is 0 Å². The van der Waals surface area contributed by atoms with E-state index in [1.807, 2.05) is 60.7 Å². The number of carbonyl (C=O) groups is 2. The third kappa shape index (κ3) is 5.08. The predicted molar refractivity (Wildman–Crippen MR) is 94.7 cm³/mol. The summed E-state index contributed by atoms with van der Waals surface area (Å²) in [6.45, 7) is 0. The fourth-order valence-corrected chi connectivity index (χ4v) is 6.33. The number of hydrogen-bond acceptors (Lipinski definition) is 4. The van der Waals surface area contributed by atoms with Crippen molar-refractivity contribution in [3.05, 3.63) is 69.6 Å². The molecule has 0 spiro atoms. The zero-order chi connectivity index (χ0) is 17.4. The van der Waals surface area contributed by atoms with Gasteiger partial charge in [0.1, 0.15) is 0 Å². The molecule has 0 aliphatic carbocycles. The first-order chi connectivity index (χ1) is 11.7. The quantitative estimate of drug-likeness (QED) is 0.365. The van der Waals surface area contributed by atoms with Crippen molar-refractivity contribution in [3.63, 3.8) is 0 Å². The summed E-state index contributed by atoms with van der Waals surface area (Å²) in [6, 6.07) is 19.2. The Hall–Kier alpha value is -1.84. The molecule has 0 N–H and O–H groups in total. The Balaban J connectivity index is 2.46. The van der Waals surface area contributed by atoms with Gasteiger partial charge in [-0.05, 0) is 0 Å². The summed E-state index contributed by atoms with van der Waals surface area (Å²) in [5, 5.41) is 0. The van der Waals surface area contributed by atoms with E-state index in [-0.39, 0.29) is 29.9 Å². The van der Waals surface area contributed by atoms with Crippen molar-refractivity contribution in [1.29, 1.82) is 0 Å². The minimum atomic E-state index is -0.475. The van der Waals surface area contributed by atoms with E-state index in [0.717, 1.165) is 8.92 Å². The maximum absolute atomic E-state index is 12.3. The number of carbonyl (C=O) groups excluding carboxylic acids is 2. The van der Waals surface area contributed by atoms with Crippen LogP contribution in [0.25, 0.3) is 0 Å². The fourth-order valence-electron chi connectivity index (χ4n) is 1.76. The zero-order valence-electron chi connectivity index (χ0n) is 13.2. The number of ether oxygens (including phenoxy) is 2. The average molecular weight is 454 g/mol. The fraction of sp³-hybridized carbons (Fsp3) is 0.111. The van der Waals surface area contributed by atoms with Gasteiger partial charge in [0, 0.05) is 0 Å². The van der Waals surface area contributed by atoms with E-state index in [2.05, 4.69) is 0 Å². The monoisotopic (exact) mass is 456 g/mol. The molecule has 6 heteroatoms. The van der Waals surface area contributed by atoms with Crippen LogP contribution in [0.15, 0.2) is 69.6 Å². The van der Waals surface area contributed by atoms with Crippen LogP contribution in [-0.4, -0.2) is 56.1 Å². The minimum absolute atomic E-state index is 0.339. The van der Waals surface area contributed by atoms with Gasteiger partial charge < -0.3 is 0 Å². The SMILES string of the molecule is COC(=O)/C([Se]c1ccccc1)=C(/[Se]c1ccccc1)C(=O)OC. The van der Waals surface area contributed by atoms with Crippen LogP contribution in [0.5, 0.6) is 0 Å². The first-order valence-electron chi connectivity index (χ1n) is 7.02. The van der Waals surface area contributed by atoms with Gasteiger partial charge in [-0.2, -0.15) is 0 Å². The van der Waals surface area contributed by atoms with Gasteiger partial charge in [0.05, 0.1) is 0 Å². The molecule has 0 saturated heterocycles. The molecule has 0 bridgehead atoms. The predicted octanol–water partition coefficient (Wildman–Crippen LogP) is 0.603. The molecule has 0 heterocycles. The van der Waals surface area contributed by atoms with Crippen LogP contribution in [0.3, 0.4) is 0 Å². The molecule has 2 rings (SSSR count). The first kappa shape index (κ1) is 18.5. The molecule has 0 unspecified atom stereocenters. The summed E-state index contributed by atoms with van der Waals surface area (Å²) >= 11 is -0.678. The van der Waals surface area contributed by atoms with Crippen LogP contribution in [0.1, 0.15) is 0 Å². The van der Waals surface area contributed by atoms with Crippen molar-refractivity contribution in [3.8, 4) is 0 Å². The topological polar surface area (TPSA) is 52.6 Å². The molecular weight excluding hydrogens is 438 g/mol. The Bertz CT molecular complexity index is 664. The van der Waals surface area contributed by atoms with Crippen molar-refractivity contribution in [2.24, 2.45) is 0 Å². The van der Waals surface area contributed by atoms with Crippen LogP contribution in [0, 0.1) is 0 Å². The molecule has 0 radical (unpaired) electrons. The normalized spacial score (nSPS) is 11.4. The Labute approximate surface area is 153 Å². The van der Waals surface area contributed by atoms with Crippen molar-refractivity contribution in [1.82, 2.24) is 0 Å². The summed E-state index contributed by atoms with van der Waals surface area (Å²) in [6.07, 6.45) is 0. The first-order valence-corrected chi connectivity index (χ1v) is 10.4. The van der Waals surface area contributed by atoms with E-state index in [0.29, 0.717) is 8.94 Å². The third-order valence-electron chi connectivity index (χ3n) is 2.87. The second-order valence-electron chi connectivity index (χ2n) is 4.47. The maximum atomic E-state index is 12.3. The van der Waals surface area contributed by atoms with Gasteiger partial charge in [-0.25, -0.2) is 0 Å². The van der Waals surface area contributed by atoms with Crippen LogP contribution in [0.2, 0.25) is 0 Å². The number of rotatable bonds is 6. The van der Waals surface area contributed by atoms with Gasteiger partial charge >= 0.3 is 154 Å². The molecule has 0 atom stereocenters. The Kier molecular flexibility index (Phi) is 7.29. The van der Waals surface area contributed by atoms with Crippen molar-refractivity contribution in [2.45, 2.75) is 0 Å². The van der Waals surface area contributed by atoms with Gasteiger partial charge in [-0.1, -0.05) is 0 Å². The number of hydrogen-bond donors (Lipinski definition) is 0.